The molecular weight excluding hydrogens is 391 g/mol. The van der Waals surface area contributed by atoms with Gasteiger partial charge in [-0.05, 0) is 30.7 Å². The quantitative estimate of drug-likeness (QED) is 0.585. The van der Waals surface area contributed by atoms with Crippen molar-refractivity contribution in [3.8, 4) is 0 Å². The van der Waals surface area contributed by atoms with Crippen molar-refractivity contribution < 1.29 is 27.7 Å². The first-order valence-corrected chi connectivity index (χ1v) is 8.45. The number of nitro benzene ring substituents is 1. The highest BCUT2D eigenvalue weighted by Crippen LogP contribution is 2.29. The Morgan fingerprint density at radius 1 is 1.17 bits per heavy atom. The number of alkyl halides is 3. The standard InChI is InChI=1S/C19H18F3N3O4/c1-12(23-17(26)14-6-4-8-16(10-14)25(28)29)18(27)24(2)11-13-5-3-7-15(9-13)19(20,21)22/h3-10,12H,11H2,1-2H3,(H,23,26). The fourth-order valence-electron chi connectivity index (χ4n) is 2.63. The number of benzene rings is 2. The van der Waals surface area contributed by atoms with E-state index in [4.69, 9.17) is 0 Å². The third-order valence-electron chi connectivity index (χ3n) is 4.09. The molecular formula is C19H18F3N3O4. The summed E-state index contributed by atoms with van der Waals surface area (Å²) in [5, 5.41) is 13.2. The average molecular weight is 409 g/mol. The molecule has 0 aliphatic heterocycles. The maximum Gasteiger partial charge on any atom is 0.416 e. The van der Waals surface area contributed by atoms with E-state index < -0.39 is 34.5 Å². The Hall–Kier alpha value is -3.43. The molecule has 1 unspecified atom stereocenters. The number of carbonyl (C=O) groups is 2. The van der Waals surface area contributed by atoms with E-state index in [0.717, 1.165) is 18.2 Å². The van der Waals surface area contributed by atoms with Crippen LogP contribution in [0.4, 0.5) is 18.9 Å². The summed E-state index contributed by atoms with van der Waals surface area (Å²) in [4.78, 5) is 36.0. The van der Waals surface area contributed by atoms with E-state index in [9.17, 15) is 32.9 Å². The van der Waals surface area contributed by atoms with Crippen molar-refractivity contribution in [3.63, 3.8) is 0 Å². The second kappa shape index (κ2) is 8.72. The molecule has 10 heteroatoms. The number of hydrogen-bond acceptors (Lipinski definition) is 4. The third-order valence-corrected chi connectivity index (χ3v) is 4.09. The van der Waals surface area contributed by atoms with Crippen molar-refractivity contribution >= 4 is 17.5 Å². The van der Waals surface area contributed by atoms with Crippen LogP contribution in [0.3, 0.4) is 0 Å². The van der Waals surface area contributed by atoms with E-state index in [1.807, 2.05) is 0 Å². The molecule has 0 bridgehead atoms. The first-order valence-electron chi connectivity index (χ1n) is 8.45. The lowest BCUT2D eigenvalue weighted by atomic mass is 10.1. The minimum atomic E-state index is -4.49. The van der Waals surface area contributed by atoms with Gasteiger partial charge in [0, 0.05) is 31.3 Å². The van der Waals surface area contributed by atoms with Gasteiger partial charge in [0.1, 0.15) is 6.04 Å². The van der Waals surface area contributed by atoms with Crippen LogP contribution in [0.2, 0.25) is 0 Å². The molecule has 0 fully saturated rings. The molecule has 0 spiro atoms. The van der Waals surface area contributed by atoms with Gasteiger partial charge in [-0.2, -0.15) is 13.2 Å². The predicted molar refractivity (Wildman–Crippen MR) is 97.9 cm³/mol. The number of non-ortho nitro benzene ring substituents is 1. The van der Waals surface area contributed by atoms with Crippen molar-refractivity contribution in [1.29, 1.82) is 0 Å². The fraction of sp³-hybridized carbons (Fsp3) is 0.263. The number of nitrogens with zero attached hydrogens (tertiary/aromatic N) is 2. The van der Waals surface area contributed by atoms with Gasteiger partial charge in [-0.3, -0.25) is 19.7 Å². The Morgan fingerprint density at radius 2 is 1.83 bits per heavy atom. The minimum Gasteiger partial charge on any atom is -0.341 e. The van der Waals surface area contributed by atoms with Crippen LogP contribution in [0, 0.1) is 10.1 Å². The molecule has 2 amide bonds. The Bertz CT molecular complexity index is 931. The molecule has 0 heterocycles. The molecule has 154 valence electrons. The van der Waals surface area contributed by atoms with Gasteiger partial charge in [-0.15, -0.1) is 0 Å². The van der Waals surface area contributed by atoms with Crippen molar-refractivity contribution in [2.24, 2.45) is 0 Å². The van der Waals surface area contributed by atoms with Gasteiger partial charge < -0.3 is 10.2 Å². The van der Waals surface area contributed by atoms with Crippen molar-refractivity contribution in [2.45, 2.75) is 25.7 Å². The maximum absolute atomic E-state index is 12.8. The van der Waals surface area contributed by atoms with Crippen LogP contribution in [0.1, 0.15) is 28.4 Å². The van der Waals surface area contributed by atoms with Crippen molar-refractivity contribution in [1.82, 2.24) is 10.2 Å². The van der Waals surface area contributed by atoms with Crippen molar-refractivity contribution in [2.75, 3.05) is 7.05 Å². The maximum atomic E-state index is 12.8. The van der Waals surface area contributed by atoms with Crippen LogP contribution in [-0.4, -0.2) is 34.7 Å². The average Bonchev–Trinajstić information content (AvgIpc) is 2.66. The van der Waals surface area contributed by atoms with Gasteiger partial charge in [-0.25, -0.2) is 0 Å². The van der Waals surface area contributed by atoms with Crippen LogP contribution in [0.5, 0.6) is 0 Å². The topological polar surface area (TPSA) is 92.5 Å². The van der Waals surface area contributed by atoms with E-state index in [1.165, 1.54) is 49.2 Å². The molecule has 0 radical (unpaired) electrons. The molecule has 2 aromatic rings. The zero-order chi connectivity index (χ0) is 21.8. The molecule has 7 nitrogen and oxygen atoms in total. The van der Waals surface area contributed by atoms with Crippen LogP contribution in [0.25, 0.3) is 0 Å². The number of nitro groups is 1. The predicted octanol–water partition coefficient (Wildman–Crippen LogP) is 3.39. The first kappa shape index (κ1) is 21.9. The summed E-state index contributed by atoms with van der Waals surface area (Å²) in [6.45, 7) is 1.33. The summed E-state index contributed by atoms with van der Waals surface area (Å²) in [6.07, 6.45) is -4.49. The smallest absolute Gasteiger partial charge is 0.341 e. The molecule has 2 rings (SSSR count). The minimum absolute atomic E-state index is 0.0133. The van der Waals surface area contributed by atoms with Crippen LogP contribution >= 0.6 is 0 Å². The van der Waals surface area contributed by atoms with Gasteiger partial charge in [-0.1, -0.05) is 18.2 Å². The monoisotopic (exact) mass is 409 g/mol. The number of halogens is 3. The van der Waals surface area contributed by atoms with Gasteiger partial charge in [0.05, 0.1) is 10.5 Å². The normalized spacial score (nSPS) is 12.2. The molecule has 1 N–H and O–H groups in total. The summed E-state index contributed by atoms with van der Waals surface area (Å²) in [5.74, 6) is -1.21. The summed E-state index contributed by atoms with van der Waals surface area (Å²) >= 11 is 0. The zero-order valence-electron chi connectivity index (χ0n) is 15.6. The number of rotatable bonds is 6. The number of likely N-dealkylation sites (N-methyl/N-ethyl adjacent to an activating group) is 1. The lowest BCUT2D eigenvalue weighted by molar-refractivity contribution is -0.384. The van der Waals surface area contributed by atoms with Crippen LogP contribution in [0.15, 0.2) is 48.5 Å². The van der Waals surface area contributed by atoms with E-state index in [2.05, 4.69) is 5.32 Å². The van der Waals surface area contributed by atoms with Crippen LogP contribution < -0.4 is 5.32 Å². The van der Waals surface area contributed by atoms with Gasteiger partial charge in [0.2, 0.25) is 5.91 Å². The Morgan fingerprint density at radius 3 is 2.45 bits per heavy atom. The lowest BCUT2D eigenvalue weighted by Gasteiger charge is -2.22. The fourth-order valence-corrected chi connectivity index (χ4v) is 2.63. The first-order chi connectivity index (χ1) is 13.5. The molecule has 0 aliphatic carbocycles. The summed E-state index contributed by atoms with van der Waals surface area (Å²) in [7, 11) is 1.40. The second-order valence-electron chi connectivity index (χ2n) is 6.40. The van der Waals surface area contributed by atoms with Crippen LogP contribution in [-0.2, 0) is 17.5 Å². The zero-order valence-corrected chi connectivity index (χ0v) is 15.6. The molecule has 2 aromatic carbocycles. The molecule has 29 heavy (non-hydrogen) atoms. The van der Waals surface area contributed by atoms with E-state index in [-0.39, 0.29) is 23.4 Å². The highest BCUT2D eigenvalue weighted by Gasteiger charge is 2.30. The third kappa shape index (κ3) is 5.77. The summed E-state index contributed by atoms with van der Waals surface area (Å²) in [6, 6.07) is 8.65. The van der Waals surface area contributed by atoms with E-state index in [1.54, 1.807) is 0 Å². The molecule has 0 saturated heterocycles. The number of carbonyl (C=O) groups excluding carboxylic acids is 2. The lowest BCUT2D eigenvalue weighted by Crippen LogP contribution is -2.45. The van der Waals surface area contributed by atoms with E-state index in [0.29, 0.717) is 0 Å². The molecule has 0 aromatic heterocycles. The number of nitrogens with one attached hydrogen (secondary N) is 1. The highest BCUT2D eigenvalue weighted by molar-refractivity contribution is 5.97. The van der Waals surface area contributed by atoms with E-state index >= 15 is 0 Å². The van der Waals surface area contributed by atoms with Gasteiger partial charge in [0.25, 0.3) is 11.6 Å². The summed E-state index contributed by atoms with van der Waals surface area (Å²) in [5.41, 5.74) is -0.784. The number of hydrogen-bond donors (Lipinski definition) is 1. The Balaban J connectivity index is 2.03. The van der Waals surface area contributed by atoms with Crippen molar-refractivity contribution in [3.05, 3.63) is 75.3 Å². The second-order valence-corrected chi connectivity index (χ2v) is 6.40. The molecule has 1 atom stereocenters. The molecule has 0 saturated carbocycles. The van der Waals surface area contributed by atoms with Gasteiger partial charge in [0.15, 0.2) is 0 Å². The highest BCUT2D eigenvalue weighted by atomic mass is 19.4. The van der Waals surface area contributed by atoms with Gasteiger partial charge >= 0.3 is 6.18 Å². The number of amides is 2. The Kier molecular flexibility index (Phi) is 6.57. The molecule has 0 aliphatic rings. The Labute approximate surface area is 164 Å². The largest absolute Gasteiger partial charge is 0.416 e. The SMILES string of the molecule is CC(NC(=O)c1cccc([N+](=O)[O-])c1)C(=O)N(C)Cc1cccc(C(F)(F)F)c1. The summed E-state index contributed by atoms with van der Waals surface area (Å²) < 4.78 is 38.4.